The quantitative estimate of drug-likeness (QED) is 0.443. The van der Waals surface area contributed by atoms with Gasteiger partial charge in [0.25, 0.3) is 0 Å². The number of nitrogens with zero attached hydrogens (tertiary/aromatic N) is 2. The summed E-state index contributed by atoms with van der Waals surface area (Å²) < 4.78 is 10.8. The highest BCUT2D eigenvalue weighted by Gasteiger charge is 2.61. The Hall–Kier alpha value is -3.36. The summed E-state index contributed by atoms with van der Waals surface area (Å²) in [5.74, 6) is -3.50. The second-order valence-electron chi connectivity index (χ2n) is 10.5. The molecule has 1 aromatic rings. The van der Waals surface area contributed by atoms with Crippen molar-refractivity contribution in [3.8, 4) is 17.2 Å². The van der Waals surface area contributed by atoms with Crippen molar-refractivity contribution in [1.82, 2.24) is 9.80 Å². The maximum Gasteiger partial charge on any atom is 0.234 e. The molecule has 5 rings (SSSR count). The number of benzene rings is 1. The van der Waals surface area contributed by atoms with Crippen molar-refractivity contribution in [2.75, 3.05) is 27.3 Å². The molecule has 2 heterocycles. The number of carbonyl (C=O) groups excluding carboxylic acids is 4. The second-order valence-corrected chi connectivity index (χ2v) is 10.5. The van der Waals surface area contributed by atoms with Crippen LogP contribution in [0.15, 0.2) is 23.8 Å². The van der Waals surface area contributed by atoms with Crippen LogP contribution in [0.4, 0.5) is 0 Å². The van der Waals surface area contributed by atoms with Gasteiger partial charge in [-0.3, -0.25) is 29.0 Å². The zero-order chi connectivity index (χ0) is 26.6. The molecule has 6 unspecified atom stereocenters. The third-order valence-corrected chi connectivity index (χ3v) is 8.59. The number of phenols is 1. The van der Waals surface area contributed by atoms with Gasteiger partial charge in [-0.1, -0.05) is 25.5 Å². The van der Waals surface area contributed by atoms with Crippen LogP contribution in [0.5, 0.6) is 17.2 Å². The van der Waals surface area contributed by atoms with E-state index in [1.165, 1.54) is 24.0 Å². The van der Waals surface area contributed by atoms with Crippen LogP contribution in [0.25, 0.3) is 0 Å². The van der Waals surface area contributed by atoms with Crippen molar-refractivity contribution in [2.24, 2.45) is 29.6 Å². The monoisotopic (exact) mass is 510 g/mol. The van der Waals surface area contributed by atoms with E-state index in [1.807, 2.05) is 19.9 Å². The van der Waals surface area contributed by atoms with Crippen LogP contribution in [0.1, 0.15) is 51.0 Å². The molecule has 9 nitrogen and oxygen atoms in total. The van der Waals surface area contributed by atoms with Gasteiger partial charge in [-0.05, 0) is 49.3 Å². The number of aromatic hydroxyl groups is 1. The van der Waals surface area contributed by atoms with E-state index in [-0.39, 0.29) is 46.8 Å². The Morgan fingerprint density at radius 1 is 0.811 bits per heavy atom. The fraction of sp³-hybridized carbons (Fsp3) is 0.571. The first-order valence-electron chi connectivity index (χ1n) is 13.1. The molecule has 3 fully saturated rings. The van der Waals surface area contributed by atoms with E-state index in [9.17, 15) is 24.3 Å². The number of likely N-dealkylation sites (tertiary alicyclic amines) is 2. The smallest absolute Gasteiger partial charge is 0.234 e. The molecular formula is C28H34N2O7. The molecule has 9 heteroatoms. The number of fused-ring (bicyclic) bond motifs is 4. The summed E-state index contributed by atoms with van der Waals surface area (Å²) in [6, 6.07) is 3.36. The maximum atomic E-state index is 13.7. The molecule has 1 aromatic carbocycles. The minimum absolute atomic E-state index is 0.139. The first-order valence-corrected chi connectivity index (χ1v) is 13.1. The second kappa shape index (κ2) is 9.50. The predicted octanol–water partition coefficient (Wildman–Crippen LogP) is 2.87. The molecule has 6 atom stereocenters. The fourth-order valence-corrected chi connectivity index (χ4v) is 7.08. The lowest BCUT2D eigenvalue weighted by atomic mass is 9.57. The molecule has 37 heavy (non-hydrogen) atoms. The summed E-state index contributed by atoms with van der Waals surface area (Å²) in [5, 5.41) is 10.5. The molecule has 198 valence electrons. The molecule has 0 bridgehead atoms. The van der Waals surface area contributed by atoms with Crippen LogP contribution in [0.2, 0.25) is 0 Å². The molecule has 0 aromatic heterocycles. The van der Waals surface area contributed by atoms with E-state index in [4.69, 9.17) is 9.47 Å². The number of phenolic OH excluding ortho intramolecular Hbond substituents is 1. The average molecular weight is 511 g/mol. The summed E-state index contributed by atoms with van der Waals surface area (Å²) in [4.78, 5) is 56.6. The molecule has 4 amide bonds. The maximum absolute atomic E-state index is 13.7. The number of allylic oxidation sites excluding steroid dienone is 2. The molecule has 1 N–H and O–H groups in total. The molecule has 0 spiro atoms. The van der Waals surface area contributed by atoms with Crippen molar-refractivity contribution in [1.29, 1.82) is 0 Å². The summed E-state index contributed by atoms with van der Waals surface area (Å²) >= 11 is 0. The minimum atomic E-state index is -0.629. The van der Waals surface area contributed by atoms with E-state index < -0.39 is 29.6 Å². The van der Waals surface area contributed by atoms with Gasteiger partial charge in [0.1, 0.15) is 0 Å². The van der Waals surface area contributed by atoms with Gasteiger partial charge < -0.3 is 14.6 Å². The number of ether oxygens (including phenoxy) is 2. The Balaban J connectivity index is 1.66. The van der Waals surface area contributed by atoms with Gasteiger partial charge in [0.2, 0.25) is 29.4 Å². The lowest BCUT2D eigenvalue weighted by Crippen LogP contribution is -2.43. The van der Waals surface area contributed by atoms with Crippen LogP contribution in [0.3, 0.4) is 0 Å². The number of imide groups is 2. The van der Waals surface area contributed by atoms with Crippen molar-refractivity contribution in [3.63, 3.8) is 0 Å². The minimum Gasteiger partial charge on any atom is -0.502 e. The van der Waals surface area contributed by atoms with E-state index >= 15 is 0 Å². The van der Waals surface area contributed by atoms with Crippen molar-refractivity contribution in [2.45, 2.75) is 45.4 Å². The Morgan fingerprint density at radius 3 is 1.89 bits per heavy atom. The summed E-state index contributed by atoms with van der Waals surface area (Å²) in [7, 11) is 2.88. The van der Waals surface area contributed by atoms with Crippen molar-refractivity contribution in [3.05, 3.63) is 29.3 Å². The van der Waals surface area contributed by atoms with Gasteiger partial charge in [-0.25, -0.2) is 0 Å². The van der Waals surface area contributed by atoms with Gasteiger partial charge >= 0.3 is 0 Å². The Labute approximate surface area is 216 Å². The summed E-state index contributed by atoms with van der Waals surface area (Å²) in [6.07, 6.45) is 4.13. The Morgan fingerprint density at radius 2 is 1.35 bits per heavy atom. The number of methoxy groups -OCH3 is 2. The van der Waals surface area contributed by atoms with E-state index in [0.717, 1.165) is 5.57 Å². The highest BCUT2D eigenvalue weighted by atomic mass is 16.5. The first-order chi connectivity index (χ1) is 17.8. The Kier molecular flexibility index (Phi) is 6.50. The van der Waals surface area contributed by atoms with Crippen LogP contribution in [-0.2, 0) is 19.2 Å². The van der Waals surface area contributed by atoms with Gasteiger partial charge in [0.15, 0.2) is 11.5 Å². The standard InChI is InChI=1S/C28H34N2O7/c1-5-9-29-25(32)16-8-7-15-17(22(16)27(29)34)13-18-23(28(35)30(10-6-2)26(18)33)21(15)14-11-19(36-3)24(31)20(12-14)37-4/h7,11-12,16-18,21-23,31H,5-6,8-10,13H2,1-4H3. The molecular weight excluding hydrogens is 476 g/mol. The number of hydrogen-bond acceptors (Lipinski definition) is 7. The third-order valence-electron chi connectivity index (χ3n) is 8.59. The number of hydrogen-bond donors (Lipinski definition) is 1. The molecule has 0 radical (unpaired) electrons. The van der Waals surface area contributed by atoms with E-state index in [0.29, 0.717) is 44.3 Å². The summed E-state index contributed by atoms with van der Waals surface area (Å²) in [5.41, 5.74) is 1.59. The molecule has 4 aliphatic rings. The number of carbonyl (C=O) groups is 4. The number of rotatable bonds is 7. The van der Waals surface area contributed by atoms with E-state index in [2.05, 4.69) is 0 Å². The van der Waals surface area contributed by atoms with Gasteiger partial charge in [0.05, 0.1) is 37.9 Å². The zero-order valence-electron chi connectivity index (χ0n) is 21.7. The fourth-order valence-electron chi connectivity index (χ4n) is 7.08. The summed E-state index contributed by atoms with van der Waals surface area (Å²) in [6.45, 7) is 4.59. The van der Waals surface area contributed by atoms with E-state index in [1.54, 1.807) is 12.1 Å². The average Bonchev–Trinajstić information content (AvgIpc) is 3.28. The van der Waals surface area contributed by atoms with Crippen LogP contribution in [-0.4, -0.2) is 65.8 Å². The first kappa shape index (κ1) is 25.3. The lowest BCUT2D eigenvalue weighted by Gasteiger charge is -2.44. The van der Waals surface area contributed by atoms with Crippen LogP contribution >= 0.6 is 0 Å². The molecule has 2 aliphatic carbocycles. The van der Waals surface area contributed by atoms with Gasteiger partial charge in [0, 0.05) is 19.0 Å². The van der Waals surface area contributed by atoms with Gasteiger partial charge in [-0.2, -0.15) is 0 Å². The highest BCUT2D eigenvalue weighted by Crippen LogP contribution is 2.58. The normalized spacial score (nSPS) is 30.8. The zero-order valence-corrected chi connectivity index (χ0v) is 21.7. The van der Waals surface area contributed by atoms with Crippen LogP contribution < -0.4 is 9.47 Å². The third kappa shape index (κ3) is 3.65. The molecule has 2 saturated heterocycles. The Bertz CT molecular complexity index is 1170. The lowest BCUT2D eigenvalue weighted by molar-refractivity contribution is -0.142. The van der Waals surface area contributed by atoms with Crippen molar-refractivity contribution < 1.29 is 33.8 Å². The number of amides is 4. The highest BCUT2D eigenvalue weighted by molar-refractivity contribution is 6.08. The molecule has 2 aliphatic heterocycles. The topological polar surface area (TPSA) is 113 Å². The van der Waals surface area contributed by atoms with Gasteiger partial charge in [-0.15, -0.1) is 0 Å². The largest absolute Gasteiger partial charge is 0.502 e. The SMILES string of the molecule is CCCN1C(=O)C2CC=C3C(CC4C(=O)N(CCC)C(=O)C4C3c3cc(OC)c(O)c(OC)c3)C2C1=O. The predicted molar refractivity (Wildman–Crippen MR) is 133 cm³/mol. The van der Waals surface area contributed by atoms with Crippen LogP contribution in [0, 0.1) is 29.6 Å². The van der Waals surface area contributed by atoms with Crippen molar-refractivity contribution >= 4 is 23.6 Å². The molecule has 1 saturated carbocycles.